The number of Topliss-reactive ketones (excluding diaryl/α,β-unsaturated/α-hetero) is 1. The Bertz CT molecular complexity index is 302. The van der Waals surface area contributed by atoms with Gasteiger partial charge in [-0.25, -0.2) is 0 Å². The van der Waals surface area contributed by atoms with Crippen molar-refractivity contribution in [2.75, 3.05) is 5.75 Å². The van der Waals surface area contributed by atoms with Crippen molar-refractivity contribution in [1.29, 1.82) is 0 Å². The number of hydrogen-bond acceptors (Lipinski definition) is 3. The van der Waals surface area contributed by atoms with Gasteiger partial charge in [0, 0.05) is 13.3 Å². The van der Waals surface area contributed by atoms with Crippen LogP contribution in [0.25, 0.3) is 0 Å². The minimum Gasteiger partial charge on any atom is -0.299 e. The van der Waals surface area contributed by atoms with Crippen molar-refractivity contribution in [1.82, 2.24) is 0 Å². The molecule has 0 spiro atoms. The van der Waals surface area contributed by atoms with Crippen molar-refractivity contribution in [2.24, 2.45) is 0 Å². The number of thioether (sulfide) groups is 1. The average molecular weight is 357 g/mol. The third kappa shape index (κ3) is 19.7. The maximum absolute atomic E-state index is 11.5. The van der Waals surface area contributed by atoms with Crippen LogP contribution in [0.5, 0.6) is 0 Å². The molecule has 2 nitrogen and oxygen atoms in total. The maximum atomic E-state index is 11.5. The van der Waals surface area contributed by atoms with E-state index in [4.69, 9.17) is 0 Å². The normalized spacial score (nSPS) is 10.9. The van der Waals surface area contributed by atoms with E-state index in [-0.39, 0.29) is 10.9 Å². The van der Waals surface area contributed by atoms with Gasteiger partial charge in [-0.3, -0.25) is 9.59 Å². The Balaban J connectivity index is 3.10. The first-order valence-electron chi connectivity index (χ1n) is 10.3. The number of carbonyl (C=O) groups is 2. The smallest absolute Gasteiger partial charge is 0.186 e. The van der Waals surface area contributed by atoms with Crippen LogP contribution in [0, 0.1) is 0 Å². The topological polar surface area (TPSA) is 34.1 Å². The van der Waals surface area contributed by atoms with Crippen LogP contribution >= 0.6 is 11.8 Å². The lowest BCUT2D eigenvalue weighted by Crippen LogP contribution is -2.02. The molecule has 0 aromatic heterocycles. The van der Waals surface area contributed by atoms with E-state index in [9.17, 15) is 9.59 Å². The molecule has 0 radical (unpaired) electrons. The quantitative estimate of drug-likeness (QED) is 0.246. The number of ketones is 1. The molecule has 0 amide bonds. The Kier molecular flexibility index (Phi) is 18.8. The molecule has 0 unspecified atom stereocenters. The first-order chi connectivity index (χ1) is 11.7. The van der Waals surface area contributed by atoms with Crippen LogP contribution in [0.4, 0.5) is 0 Å². The van der Waals surface area contributed by atoms with Crippen molar-refractivity contribution in [3.8, 4) is 0 Å². The fourth-order valence-corrected chi connectivity index (χ4v) is 3.46. The second-order valence-electron chi connectivity index (χ2n) is 7.02. The number of hydrogen-bond donors (Lipinski definition) is 0. The second-order valence-corrected chi connectivity index (χ2v) is 8.17. The zero-order valence-electron chi connectivity index (χ0n) is 16.2. The van der Waals surface area contributed by atoms with E-state index in [2.05, 4.69) is 6.92 Å². The first-order valence-corrected chi connectivity index (χ1v) is 11.3. The minimum absolute atomic E-state index is 0.0415. The molecule has 0 aromatic carbocycles. The molecule has 0 aliphatic heterocycles. The average Bonchev–Trinajstić information content (AvgIpc) is 2.56. The van der Waals surface area contributed by atoms with E-state index in [0.717, 1.165) is 24.6 Å². The predicted octanol–water partition coefficient (Wildman–Crippen LogP) is 7.10. The molecule has 0 rings (SSSR count). The van der Waals surface area contributed by atoms with Gasteiger partial charge in [0.2, 0.25) is 0 Å². The van der Waals surface area contributed by atoms with Crippen LogP contribution in [0.2, 0.25) is 0 Å². The SMILES string of the molecule is CCCCCCCCCCCCCCCCCC(=O)CSC(C)=O. The molecule has 24 heavy (non-hydrogen) atoms. The van der Waals surface area contributed by atoms with Crippen LogP contribution in [-0.2, 0) is 9.59 Å². The Morgan fingerprint density at radius 3 is 1.38 bits per heavy atom. The van der Waals surface area contributed by atoms with Gasteiger partial charge >= 0.3 is 0 Å². The van der Waals surface area contributed by atoms with Crippen molar-refractivity contribution in [2.45, 2.75) is 117 Å². The second kappa shape index (κ2) is 19.0. The molecular weight excluding hydrogens is 316 g/mol. The molecule has 0 aliphatic carbocycles. The standard InChI is InChI=1S/C21H40O2S/c1-3-4-5-6-7-8-9-10-11-12-13-14-15-16-17-18-21(23)19-24-20(2)22/h3-19H2,1-2H3. The van der Waals surface area contributed by atoms with Crippen molar-refractivity contribution in [3.63, 3.8) is 0 Å². The Morgan fingerprint density at radius 2 is 1.00 bits per heavy atom. The number of unbranched alkanes of at least 4 members (excludes halogenated alkanes) is 14. The Hall–Kier alpha value is -0.310. The van der Waals surface area contributed by atoms with Gasteiger partial charge < -0.3 is 0 Å². The highest BCUT2D eigenvalue weighted by Crippen LogP contribution is 2.14. The summed E-state index contributed by atoms with van der Waals surface area (Å²) < 4.78 is 0. The van der Waals surface area contributed by atoms with Crippen molar-refractivity contribution < 1.29 is 9.59 Å². The summed E-state index contributed by atoms with van der Waals surface area (Å²) in [6, 6.07) is 0. The van der Waals surface area contributed by atoms with Crippen LogP contribution in [0.3, 0.4) is 0 Å². The fraction of sp³-hybridized carbons (Fsp3) is 0.905. The monoisotopic (exact) mass is 356 g/mol. The Labute approximate surface area is 154 Å². The largest absolute Gasteiger partial charge is 0.299 e. The third-order valence-electron chi connectivity index (χ3n) is 4.50. The predicted molar refractivity (Wildman–Crippen MR) is 108 cm³/mol. The first kappa shape index (κ1) is 23.7. The highest BCUT2D eigenvalue weighted by atomic mass is 32.2. The minimum atomic E-state index is 0.0415. The Morgan fingerprint density at radius 1 is 0.625 bits per heavy atom. The summed E-state index contributed by atoms with van der Waals surface area (Å²) in [6.45, 7) is 3.79. The highest BCUT2D eigenvalue weighted by molar-refractivity contribution is 8.14. The molecule has 0 bridgehead atoms. The molecule has 0 N–H and O–H groups in total. The van der Waals surface area contributed by atoms with Gasteiger partial charge in [-0.05, 0) is 6.42 Å². The van der Waals surface area contributed by atoms with E-state index in [1.807, 2.05) is 0 Å². The van der Waals surface area contributed by atoms with Gasteiger partial charge in [0.05, 0.1) is 5.75 Å². The van der Waals surface area contributed by atoms with Gasteiger partial charge in [-0.2, -0.15) is 0 Å². The van der Waals surface area contributed by atoms with Crippen LogP contribution in [0.1, 0.15) is 117 Å². The molecule has 0 heterocycles. The van der Waals surface area contributed by atoms with Crippen molar-refractivity contribution >= 4 is 22.7 Å². The summed E-state index contributed by atoms with van der Waals surface area (Å²) in [5.41, 5.74) is 0. The zero-order chi connectivity index (χ0) is 17.9. The van der Waals surface area contributed by atoms with Crippen LogP contribution in [0.15, 0.2) is 0 Å². The number of rotatable bonds is 18. The van der Waals surface area contributed by atoms with Gasteiger partial charge in [-0.15, -0.1) is 0 Å². The number of carbonyl (C=O) groups excluding carboxylic acids is 2. The van der Waals surface area contributed by atoms with Crippen molar-refractivity contribution in [3.05, 3.63) is 0 Å². The molecule has 0 fully saturated rings. The highest BCUT2D eigenvalue weighted by Gasteiger charge is 2.04. The van der Waals surface area contributed by atoms with E-state index in [1.54, 1.807) is 0 Å². The lowest BCUT2D eigenvalue weighted by Gasteiger charge is -2.03. The molecule has 0 atom stereocenters. The molecule has 142 valence electrons. The van der Waals surface area contributed by atoms with Crippen LogP contribution in [-0.4, -0.2) is 16.7 Å². The van der Waals surface area contributed by atoms with Gasteiger partial charge in [0.25, 0.3) is 0 Å². The summed E-state index contributed by atoms with van der Waals surface area (Å²) in [5, 5.41) is 0.0415. The van der Waals surface area contributed by atoms with E-state index in [1.165, 1.54) is 90.4 Å². The van der Waals surface area contributed by atoms with Gasteiger partial charge in [0.1, 0.15) is 5.78 Å². The summed E-state index contributed by atoms with van der Waals surface area (Å²) in [4.78, 5) is 22.3. The van der Waals surface area contributed by atoms with E-state index >= 15 is 0 Å². The lowest BCUT2D eigenvalue weighted by atomic mass is 10.0. The van der Waals surface area contributed by atoms with Crippen LogP contribution < -0.4 is 0 Å². The summed E-state index contributed by atoms with van der Waals surface area (Å²) in [6.07, 6.45) is 20.8. The maximum Gasteiger partial charge on any atom is 0.186 e. The molecule has 0 saturated carbocycles. The molecular formula is C21H40O2S. The molecule has 0 saturated heterocycles. The molecule has 0 aliphatic rings. The lowest BCUT2D eigenvalue weighted by molar-refractivity contribution is -0.117. The van der Waals surface area contributed by atoms with E-state index < -0.39 is 0 Å². The summed E-state index contributed by atoms with van der Waals surface area (Å²) in [7, 11) is 0. The zero-order valence-corrected chi connectivity index (χ0v) is 17.1. The van der Waals surface area contributed by atoms with Gasteiger partial charge in [0.15, 0.2) is 5.12 Å². The van der Waals surface area contributed by atoms with Gasteiger partial charge in [-0.1, -0.05) is 109 Å². The summed E-state index contributed by atoms with van der Waals surface area (Å²) in [5.74, 6) is 0.596. The molecule has 3 heteroatoms. The summed E-state index contributed by atoms with van der Waals surface area (Å²) >= 11 is 1.14. The fourth-order valence-electron chi connectivity index (χ4n) is 2.95. The van der Waals surface area contributed by atoms with E-state index in [0.29, 0.717) is 12.2 Å². The third-order valence-corrected chi connectivity index (χ3v) is 5.37. The molecule has 0 aromatic rings.